The Balaban J connectivity index is 2.48. The molecule has 0 aliphatic carbocycles. The maximum Gasteiger partial charge on any atom is 0.0919 e. The number of hydrogen-bond donors (Lipinski definition) is 1. The summed E-state index contributed by atoms with van der Waals surface area (Å²) in [6.07, 6.45) is 6.97. The number of hydrogen-bond acceptors (Lipinski definition) is 3. The largest absolute Gasteiger partial charge is 0.285 e. The Morgan fingerprint density at radius 3 is 2.83 bits per heavy atom. The van der Waals surface area contributed by atoms with Crippen molar-refractivity contribution in [1.82, 2.24) is 20.2 Å². The molecule has 2 aromatic rings. The third-order valence-corrected chi connectivity index (χ3v) is 1.55. The first kappa shape index (κ1) is 6.97. The monoisotopic (exact) mass is 160 g/mol. The van der Waals surface area contributed by atoms with Gasteiger partial charge in [-0.15, -0.1) is 0 Å². The van der Waals surface area contributed by atoms with E-state index < -0.39 is 0 Å². The van der Waals surface area contributed by atoms with Crippen LogP contribution in [0.5, 0.6) is 0 Å². The number of aromatic nitrogens is 4. The van der Waals surface area contributed by atoms with Crippen molar-refractivity contribution in [2.24, 2.45) is 0 Å². The molecule has 2 heterocycles. The smallest absolute Gasteiger partial charge is 0.0919 e. The Morgan fingerprint density at radius 2 is 2.17 bits per heavy atom. The average Bonchev–Trinajstić information content (AvgIpc) is 2.56. The maximum atomic E-state index is 4.29. The highest BCUT2D eigenvalue weighted by Gasteiger charge is 1.99. The fourth-order valence-electron chi connectivity index (χ4n) is 0.994. The van der Waals surface area contributed by atoms with Crippen molar-refractivity contribution in [2.45, 2.75) is 6.92 Å². The van der Waals surface area contributed by atoms with Crippen LogP contribution in [0.25, 0.3) is 11.3 Å². The van der Waals surface area contributed by atoms with Gasteiger partial charge in [0.1, 0.15) is 0 Å². The molecule has 0 unspecified atom stereocenters. The van der Waals surface area contributed by atoms with Gasteiger partial charge in [0.05, 0.1) is 23.8 Å². The van der Waals surface area contributed by atoms with Crippen LogP contribution in [0.1, 0.15) is 5.69 Å². The van der Waals surface area contributed by atoms with Crippen LogP contribution < -0.4 is 0 Å². The first-order valence-corrected chi connectivity index (χ1v) is 3.64. The lowest BCUT2D eigenvalue weighted by atomic mass is 10.3. The van der Waals surface area contributed by atoms with Crippen LogP contribution in [0, 0.1) is 6.92 Å². The van der Waals surface area contributed by atoms with Gasteiger partial charge in [0.25, 0.3) is 0 Å². The summed E-state index contributed by atoms with van der Waals surface area (Å²) < 4.78 is 0. The van der Waals surface area contributed by atoms with Crippen molar-refractivity contribution in [3.05, 3.63) is 30.5 Å². The molecular formula is C8H8N4. The summed E-state index contributed by atoms with van der Waals surface area (Å²) in [6, 6.07) is 0. The zero-order valence-electron chi connectivity index (χ0n) is 6.65. The summed E-state index contributed by atoms with van der Waals surface area (Å²) >= 11 is 0. The molecule has 0 aliphatic rings. The molecule has 12 heavy (non-hydrogen) atoms. The summed E-state index contributed by atoms with van der Waals surface area (Å²) in [6.45, 7) is 1.91. The highest BCUT2D eigenvalue weighted by atomic mass is 15.1. The van der Waals surface area contributed by atoms with Crippen LogP contribution in [0.3, 0.4) is 0 Å². The number of nitrogens with one attached hydrogen (secondary N) is 1. The molecule has 4 nitrogen and oxygen atoms in total. The number of aryl methyl sites for hydroxylation is 1. The van der Waals surface area contributed by atoms with Gasteiger partial charge in [-0.25, -0.2) is 4.98 Å². The van der Waals surface area contributed by atoms with Gasteiger partial charge in [0.2, 0.25) is 0 Å². The van der Waals surface area contributed by atoms with E-state index in [0.717, 1.165) is 17.0 Å². The molecule has 0 aromatic carbocycles. The fourth-order valence-corrected chi connectivity index (χ4v) is 0.994. The van der Waals surface area contributed by atoms with Crippen molar-refractivity contribution in [3.8, 4) is 11.3 Å². The quantitative estimate of drug-likeness (QED) is 0.681. The highest BCUT2D eigenvalue weighted by Crippen LogP contribution is 2.12. The van der Waals surface area contributed by atoms with E-state index in [0.29, 0.717) is 0 Å². The maximum absolute atomic E-state index is 4.29. The predicted molar refractivity (Wildman–Crippen MR) is 44.4 cm³/mol. The van der Waals surface area contributed by atoms with Crippen molar-refractivity contribution in [2.75, 3.05) is 0 Å². The molecule has 1 N–H and O–H groups in total. The van der Waals surface area contributed by atoms with E-state index in [-0.39, 0.29) is 0 Å². The number of nitrogens with zero attached hydrogens (tertiary/aromatic N) is 3. The Bertz CT molecular complexity index is 366. The Morgan fingerprint density at radius 1 is 1.25 bits per heavy atom. The molecular weight excluding hydrogens is 152 g/mol. The second-order valence-electron chi connectivity index (χ2n) is 2.53. The first-order valence-electron chi connectivity index (χ1n) is 3.64. The molecule has 0 aliphatic heterocycles. The Hall–Kier alpha value is -1.71. The van der Waals surface area contributed by atoms with E-state index in [1.807, 2.05) is 6.92 Å². The minimum absolute atomic E-state index is 0.851. The van der Waals surface area contributed by atoms with E-state index in [1.54, 1.807) is 24.8 Å². The van der Waals surface area contributed by atoms with Crippen LogP contribution >= 0.6 is 0 Å². The van der Waals surface area contributed by atoms with Gasteiger partial charge in [-0.05, 0) is 6.92 Å². The number of aromatic amines is 1. The molecule has 0 radical (unpaired) electrons. The minimum Gasteiger partial charge on any atom is -0.285 e. The van der Waals surface area contributed by atoms with Crippen molar-refractivity contribution in [1.29, 1.82) is 0 Å². The van der Waals surface area contributed by atoms with Crippen LogP contribution in [0.15, 0.2) is 24.8 Å². The van der Waals surface area contributed by atoms with Crippen molar-refractivity contribution >= 4 is 0 Å². The lowest BCUT2D eigenvalue weighted by Gasteiger charge is -1.95. The van der Waals surface area contributed by atoms with Gasteiger partial charge in [0, 0.05) is 18.0 Å². The SMILES string of the molecule is Cc1cncc(-c2cn[nH]c2)n1. The second-order valence-corrected chi connectivity index (χ2v) is 2.53. The molecule has 2 aromatic heterocycles. The molecule has 0 atom stereocenters. The van der Waals surface area contributed by atoms with Gasteiger partial charge in [-0.3, -0.25) is 10.1 Å². The summed E-state index contributed by atoms with van der Waals surface area (Å²) in [7, 11) is 0. The standard InChI is InChI=1S/C8H8N4/c1-6-2-9-5-8(12-6)7-3-10-11-4-7/h2-5H,1H3,(H,10,11). The molecule has 0 bridgehead atoms. The second kappa shape index (κ2) is 2.73. The van der Waals surface area contributed by atoms with E-state index in [4.69, 9.17) is 0 Å². The summed E-state index contributed by atoms with van der Waals surface area (Å²) in [5.74, 6) is 0. The zero-order chi connectivity index (χ0) is 8.39. The van der Waals surface area contributed by atoms with E-state index in [2.05, 4.69) is 20.2 Å². The van der Waals surface area contributed by atoms with Gasteiger partial charge in [0.15, 0.2) is 0 Å². The third-order valence-electron chi connectivity index (χ3n) is 1.55. The van der Waals surface area contributed by atoms with Crippen LogP contribution in [-0.4, -0.2) is 20.2 Å². The normalized spacial score (nSPS) is 10.1. The van der Waals surface area contributed by atoms with E-state index >= 15 is 0 Å². The van der Waals surface area contributed by atoms with Gasteiger partial charge < -0.3 is 0 Å². The van der Waals surface area contributed by atoms with Gasteiger partial charge in [-0.1, -0.05) is 0 Å². The highest BCUT2D eigenvalue weighted by molar-refractivity contribution is 5.55. The van der Waals surface area contributed by atoms with E-state index in [1.165, 1.54) is 0 Å². The number of rotatable bonds is 1. The Kier molecular flexibility index (Phi) is 1.59. The molecule has 0 saturated carbocycles. The van der Waals surface area contributed by atoms with Gasteiger partial charge in [-0.2, -0.15) is 5.10 Å². The molecule has 2 rings (SSSR count). The molecule has 4 heteroatoms. The molecule has 0 amide bonds. The van der Waals surface area contributed by atoms with E-state index in [9.17, 15) is 0 Å². The number of H-pyrrole nitrogens is 1. The lowest BCUT2D eigenvalue weighted by molar-refractivity contribution is 1.09. The molecule has 0 saturated heterocycles. The molecule has 0 fully saturated rings. The third kappa shape index (κ3) is 1.18. The van der Waals surface area contributed by atoms with Crippen molar-refractivity contribution < 1.29 is 0 Å². The minimum atomic E-state index is 0.851. The summed E-state index contributed by atoms with van der Waals surface area (Å²) in [5, 5.41) is 6.57. The molecule has 0 spiro atoms. The Labute approximate surface area is 69.7 Å². The lowest BCUT2D eigenvalue weighted by Crippen LogP contribution is -1.86. The van der Waals surface area contributed by atoms with Crippen LogP contribution in [-0.2, 0) is 0 Å². The predicted octanol–water partition coefficient (Wildman–Crippen LogP) is 1.18. The van der Waals surface area contributed by atoms with Gasteiger partial charge >= 0.3 is 0 Å². The van der Waals surface area contributed by atoms with Crippen LogP contribution in [0.4, 0.5) is 0 Å². The van der Waals surface area contributed by atoms with Crippen molar-refractivity contribution in [3.63, 3.8) is 0 Å². The molecule has 60 valence electrons. The topological polar surface area (TPSA) is 54.5 Å². The van der Waals surface area contributed by atoms with Crippen LogP contribution in [0.2, 0.25) is 0 Å². The average molecular weight is 160 g/mol. The zero-order valence-corrected chi connectivity index (χ0v) is 6.65. The summed E-state index contributed by atoms with van der Waals surface area (Å²) in [4.78, 5) is 8.33. The summed E-state index contributed by atoms with van der Waals surface area (Å²) in [5.41, 5.74) is 2.73. The first-order chi connectivity index (χ1) is 5.86. The fraction of sp³-hybridized carbons (Fsp3) is 0.125.